The minimum absolute atomic E-state index is 0.133. The maximum atomic E-state index is 12.4. The van der Waals surface area contributed by atoms with Gasteiger partial charge >= 0.3 is 0 Å². The maximum absolute atomic E-state index is 12.4. The molecule has 5 nitrogen and oxygen atoms in total. The van der Waals surface area contributed by atoms with E-state index in [1.54, 1.807) is 12.1 Å². The number of aryl methyl sites for hydroxylation is 1. The third-order valence-corrected chi connectivity index (χ3v) is 5.81. The summed E-state index contributed by atoms with van der Waals surface area (Å²) in [6.45, 7) is 3.86. The lowest BCUT2D eigenvalue weighted by Gasteiger charge is -2.11. The molecular formula is C18H17ClN4OS2. The largest absolute Gasteiger partial charge is 0.330 e. The van der Waals surface area contributed by atoms with Crippen LogP contribution in [0.1, 0.15) is 12.5 Å². The molecule has 8 heteroatoms. The van der Waals surface area contributed by atoms with Gasteiger partial charge in [0.05, 0.1) is 16.0 Å². The number of nitrogens with zero attached hydrogens (tertiary/aromatic N) is 2. The molecule has 0 aliphatic heterocycles. The molecule has 0 unspecified atom stereocenters. The lowest BCUT2D eigenvalue weighted by molar-refractivity contribution is -0.115. The van der Waals surface area contributed by atoms with Gasteiger partial charge in [0.25, 0.3) is 0 Å². The quantitative estimate of drug-likeness (QED) is 0.541. The minimum atomic E-state index is -0.328. The Hall–Kier alpha value is -2.09. The fourth-order valence-electron chi connectivity index (χ4n) is 2.16. The number of hydrogen-bond donors (Lipinski definition) is 2. The Kier molecular flexibility index (Phi) is 6.13. The second-order valence-electron chi connectivity index (χ2n) is 5.60. The second-order valence-corrected chi connectivity index (χ2v) is 8.57. The summed E-state index contributed by atoms with van der Waals surface area (Å²) >= 11 is 8.85. The number of amides is 1. The second kappa shape index (κ2) is 8.53. The number of aromatic nitrogens is 2. The molecule has 0 aliphatic rings. The molecule has 2 aromatic carbocycles. The van der Waals surface area contributed by atoms with Crippen LogP contribution in [0.3, 0.4) is 0 Å². The van der Waals surface area contributed by atoms with Crippen molar-refractivity contribution in [2.24, 2.45) is 0 Å². The van der Waals surface area contributed by atoms with Crippen LogP contribution in [0.4, 0.5) is 16.5 Å². The fraction of sp³-hybridized carbons (Fsp3) is 0.167. The number of thioether (sulfide) groups is 1. The lowest BCUT2D eigenvalue weighted by Crippen LogP contribution is -2.22. The van der Waals surface area contributed by atoms with Crippen LogP contribution in [0.25, 0.3) is 0 Å². The molecule has 0 aliphatic carbocycles. The van der Waals surface area contributed by atoms with Crippen molar-refractivity contribution in [3.05, 3.63) is 59.1 Å². The van der Waals surface area contributed by atoms with Gasteiger partial charge in [0.1, 0.15) is 0 Å². The van der Waals surface area contributed by atoms with E-state index in [2.05, 4.69) is 20.8 Å². The topological polar surface area (TPSA) is 66.9 Å². The molecule has 0 bridgehead atoms. The van der Waals surface area contributed by atoms with Gasteiger partial charge in [-0.25, -0.2) is 0 Å². The highest BCUT2D eigenvalue weighted by Crippen LogP contribution is 2.31. The highest BCUT2D eigenvalue weighted by molar-refractivity contribution is 8.02. The molecule has 1 aromatic heterocycles. The van der Waals surface area contributed by atoms with Crippen molar-refractivity contribution < 1.29 is 4.79 Å². The van der Waals surface area contributed by atoms with Gasteiger partial charge in [-0.15, -0.1) is 10.2 Å². The van der Waals surface area contributed by atoms with Gasteiger partial charge in [0.2, 0.25) is 11.0 Å². The van der Waals surface area contributed by atoms with Crippen molar-refractivity contribution in [2.75, 3.05) is 10.6 Å². The van der Waals surface area contributed by atoms with Gasteiger partial charge < -0.3 is 10.6 Å². The summed E-state index contributed by atoms with van der Waals surface area (Å²) in [5.74, 6) is -0.133. The van der Waals surface area contributed by atoms with Crippen molar-refractivity contribution in [2.45, 2.75) is 23.4 Å². The van der Waals surface area contributed by atoms with Crippen molar-refractivity contribution >= 4 is 57.1 Å². The van der Waals surface area contributed by atoms with Gasteiger partial charge in [-0.3, -0.25) is 4.79 Å². The Balaban J connectivity index is 1.59. The average Bonchev–Trinajstić information content (AvgIpc) is 3.03. The Morgan fingerprint density at radius 3 is 2.77 bits per heavy atom. The standard InChI is InChI=1S/C18H17ClN4OS2/c1-11-6-5-7-13(10-11)20-17-22-23-18(26-17)25-12(2)16(24)21-15-9-4-3-8-14(15)19/h3-10,12H,1-2H3,(H,20,22)(H,21,24)/t12-/m1/s1. The number of nitrogens with one attached hydrogen (secondary N) is 2. The fourth-order valence-corrected chi connectivity index (χ4v) is 4.26. The van der Waals surface area contributed by atoms with Crippen LogP contribution in [0.5, 0.6) is 0 Å². The summed E-state index contributed by atoms with van der Waals surface area (Å²) in [7, 11) is 0. The van der Waals surface area contributed by atoms with E-state index < -0.39 is 0 Å². The summed E-state index contributed by atoms with van der Waals surface area (Å²) in [5, 5.41) is 15.2. The Morgan fingerprint density at radius 2 is 2.00 bits per heavy atom. The molecular weight excluding hydrogens is 388 g/mol. The molecule has 0 saturated heterocycles. The Morgan fingerprint density at radius 1 is 1.19 bits per heavy atom. The van der Waals surface area contributed by atoms with E-state index in [-0.39, 0.29) is 11.2 Å². The predicted octanol–water partition coefficient (Wildman–Crippen LogP) is 5.36. The molecule has 0 saturated carbocycles. The zero-order chi connectivity index (χ0) is 18.5. The minimum Gasteiger partial charge on any atom is -0.330 e. The van der Waals surface area contributed by atoms with Gasteiger partial charge in [0, 0.05) is 5.69 Å². The molecule has 0 radical (unpaired) electrons. The maximum Gasteiger partial charge on any atom is 0.237 e. The molecule has 3 aromatic rings. The van der Waals surface area contributed by atoms with Crippen molar-refractivity contribution in [3.63, 3.8) is 0 Å². The highest BCUT2D eigenvalue weighted by Gasteiger charge is 2.18. The van der Waals surface area contributed by atoms with Crippen LogP contribution in [0.15, 0.2) is 52.9 Å². The predicted molar refractivity (Wildman–Crippen MR) is 110 cm³/mol. The van der Waals surface area contributed by atoms with E-state index in [0.717, 1.165) is 10.0 Å². The summed E-state index contributed by atoms with van der Waals surface area (Å²) < 4.78 is 0.724. The first kappa shape index (κ1) is 18.7. The number of halogens is 1. The van der Waals surface area contributed by atoms with Gasteiger partial charge in [-0.2, -0.15) is 0 Å². The van der Waals surface area contributed by atoms with Crippen LogP contribution in [0.2, 0.25) is 5.02 Å². The van der Waals surface area contributed by atoms with Crippen LogP contribution in [-0.2, 0) is 4.79 Å². The normalized spacial score (nSPS) is 11.8. The number of carbonyl (C=O) groups is 1. The third-order valence-electron chi connectivity index (χ3n) is 3.45. The number of para-hydroxylation sites is 1. The Labute approximate surface area is 165 Å². The molecule has 1 heterocycles. The smallest absolute Gasteiger partial charge is 0.237 e. The van der Waals surface area contributed by atoms with E-state index in [0.29, 0.717) is 15.8 Å². The number of benzene rings is 2. The Bertz CT molecular complexity index is 915. The van der Waals surface area contributed by atoms with Crippen molar-refractivity contribution in [1.82, 2.24) is 10.2 Å². The first-order chi connectivity index (χ1) is 12.5. The lowest BCUT2D eigenvalue weighted by atomic mass is 10.2. The molecule has 1 atom stereocenters. The van der Waals surface area contributed by atoms with E-state index >= 15 is 0 Å². The summed E-state index contributed by atoms with van der Waals surface area (Å²) in [5.41, 5.74) is 2.73. The SMILES string of the molecule is Cc1cccc(Nc2nnc(S[C@H](C)C(=O)Nc3ccccc3Cl)s2)c1. The molecule has 0 fully saturated rings. The molecule has 26 heavy (non-hydrogen) atoms. The first-order valence-electron chi connectivity index (χ1n) is 7.90. The van der Waals surface area contributed by atoms with E-state index in [1.165, 1.54) is 28.7 Å². The van der Waals surface area contributed by atoms with Crippen LogP contribution >= 0.6 is 34.7 Å². The summed E-state index contributed by atoms with van der Waals surface area (Å²) in [6, 6.07) is 15.2. The number of rotatable bonds is 6. The zero-order valence-corrected chi connectivity index (χ0v) is 16.6. The van der Waals surface area contributed by atoms with E-state index in [1.807, 2.05) is 50.2 Å². The molecule has 2 N–H and O–H groups in total. The molecule has 1 amide bonds. The molecule has 134 valence electrons. The summed E-state index contributed by atoms with van der Waals surface area (Å²) in [6.07, 6.45) is 0. The van der Waals surface area contributed by atoms with Crippen molar-refractivity contribution in [1.29, 1.82) is 0 Å². The van der Waals surface area contributed by atoms with Gasteiger partial charge in [-0.05, 0) is 43.7 Å². The van der Waals surface area contributed by atoms with Gasteiger partial charge in [-0.1, -0.05) is 59.0 Å². The van der Waals surface area contributed by atoms with E-state index in [4.69, 9.17) is 11.6 Å². The average molecular weight is 405 g/mol. The summed E-state index contributed by atoms with van der Waals surface area (Å²) in [4.78, 5) is 12.4. The van der Waals surface area contributed by atoms with Gasteiger partial charge in [0.15, 0.2) is 4.34 Å². The zero-order valence-electron chi connectivity index (χ0n) is 14.2. The van der Waals surface area contributed by atoms with E-state index in [9.17, 15) is 4.79 Å². The van der Waals surface area contributed by atoms with Crippen LogP contribution in [-0.4, -0.2) is 21.4 Å². The first-order valence-corrected chi connectivity index (χ1v) is 9.98. The number of anilines is 3. The van der Waals surface area contributed by atoms with Crippen LogP contribution < -0.4 is 10.6 Å². The number of hydrogen-bond acceptors (Lipinski definition) is 6. The van der Waals surface area contributed by atoms with Crippen LogP contribution in [0, 0.1) is 6.92 Å². The number of carbonyl (C=O) groups excluding carboxylic acids is 1. The third kappa shape index (κ3) is 4.97. The molecule has 3 rings (SSSR count). The van der Waals surface area contributed by atoms with Crippen molar-refractivity contribution in [3.8, 4) is 0 Å². The molecule has 0 spiro atoms. The highest BCUT2D eigenvalue weighted by atomic mass is 35.5. The monoisotopic (exact) mass is 404 g/mol.